The highest BCUT2D eigenvalue weighted by atomic mass is 16.5. The number of nitrogens with zero attached hydrogens (tertiary/aromatic N) is 1. The summed E-state index contributed by atoms with van der Waals surface area (Å²) in [5, 5.41) is 8.88. The molecule has 14 heavy (non-hydrogen) atoms. The van der Waals surface area contributed by atoms with E-state index in [9.17, 15) is 4.79 Å². The van der Waals surface area contributed by atoms with Crippen LogP contribution >= 0.6 is 0 Å². The minimum Gasteiger partial charge on any atom is -0.469 e. The van der Waals surface area contributed by atoms with Crippen molar-refractivity contribution in [3.05, 3.63) is 34.9 Å². The topological polar surface area (TPSA) is 50.1 Å². The zero-order valence-electron chi connectivity index (χ0n) is 8.20. The molecule has 0 spiro atoms. The molecule has 1 rings (SSSR count). The molecular formula is C11H11NO2. The highest BCUT2D eigenvalue weighted by molar-refractivity contribution is 5.73. The highest BCUT2D eigenvalue weighted by Gasteiger charge is 2.09. The maximum atomic E-state index is 11.0. The van der Waals surface area contributed by atoms with E-state index in [0.717, 1.165) is 11.1 Å². The molecule has 0 aromatic heterocycles. The summed E-state index contributed by atoms with van der Waals surface area (Å²) < 4.78 is 4.55. The van der Waals surface area contributed by atoms with Gasteiger partial charge in [0.05, 0.1) is 25.2 Å². The average Bonchev–Trinajstić information content (AvgIpc) is 2.18. The van der Waals surface area contributed by atoms with E-state index in [2.05, 4.69) is 10.8 Å². The first-order valence-corrected chi connectivity index (χ1v) is 4.24. The molecule has 0 atom stereocenters. The fraction of sp³-hybridized carbons (Fsp3) is 0.273. The maximum absolute atomic E-state index is 11.0. The maximum Gasteiger partial charge on any atom is 0.310 e. The Morgan fingerprint density at radius 1 is 1.57 bits per heavy atom. The van der Waals surface area contributed by atoms with Gasteiger partial charge in [-0.25, -0.2) is 0 Å². The number of esters is 1. The molecule has 1 aromatic rings. The van der Waals surface area contributed by atoms with Crippen molar-refractivity contribution in [1.82, 2.24) is 0 Å². The van der Waals surface area contributed by atoms with Crippen molar-refractivity contribution in [3.8, 4) is 6.07 Å². The third kappa shape index (κ3) is 2.11. The van der Waals surface area contributed by atoms with Crippen LogP contribution in [0.4, 0.5) is 0 Å². The van der Waals surface area contributed by atoms with Crippen LogP contribution in [0.3, 0.4) is 0 Å². The summed E-state index contributed by atoms with van der Waals surface area (Å²) in [6.45, 7) is 1.85. The standard InChI is InChI=1S/C11H11NO2/c1-8-4-3-5-9(10(8)7-12)6-11(13)14-2/h3-5H,6H2,1-2H3. The molecule has 0 N–H and O–H groups in total. The van der Waals surface area contributed by atoms with E-state index in [4.69, 9.17) is 5.26 Å². The van der Waals surface area contributed by atoms with Crippen LogP contribution in [0.1, 0.15) is 16.7 Å². The summed E-state index contributed by atoms with van der Waals surface area (Å²) in [6.07, 6.45) is 0.154. The third-order valence-corrected chi connectivity index (χ3v) is 2.03. The predicted octanol–water partition coefficient (Wildman–Crippen LogP) is 1.58. The van der Waals surface area contributed by atoms with Crippen LogP contribution in [-0.4, -0.2) is 13.1 Å². The van der Waals surface area contributed by atoms with Crippen molar-refractivity contribution in [2.75, 3.05) is 7.11 Å². The van der Waals surface area contributed by atoms with E-state index in [1.54, 1.807) is 6.07 Å². The van der Waals surface area contributed by atoms with Crippen molar-refractivity contribution in [2.24, 2.45) is 0 Å². The van der Waals surface area contributed by atoms with Crippen molar-refractivity contribution >= 4 is 5.97 Å². The Bertz CT molecular complexity index is 391. The van der Waals surface area contributed by atoms with Crippen LogP contribution in [0.5, 0.6) is 0 Å². The second-order valence-corrected chi connectivity index (χ2v) is 2.97. The molecule has 0 radical (unpaired) electrons. The first-order chi connectivity index (χ1) is 6.69. The van der Waals surface area contributed by atoms with Gasteiger partial charge in [-0.3, -0.25) is 4.79 Å². The number of nitriles is 1. The van der Waals surface area contributed by atoms with E-state index in [1.165, 1.54) is 7.11 Å². The smallest absolute Gasteiger partial charge is 0.310 e. The lowest BCUT2D eigenvalue weighted by molar-refractivity contribution is -0.139. The quantitative estimate of drug-likeness (QED) is 0.664. The Morgan fingerprint density at radius 2 is 2.29 bits per heavy atom. The Morgan fingerprint density at radius 3 is 2.86 bits per heavy atom. The summed E-state index contributed by atoms with van der Waals surface area (Å²) in [7, 11) is 1.34. The summed E-state index contributed by atoms with van der Waals surface area (Å²) >= 11 is 0. The molecule has 0 aliphatic rings. The number of ether oxygens (including phenoxy) is 1. The van der Waals surface area contributed by atoms with Crippen molar-refractivity contribution < 1.29 is 9.53 Å². The Labute approximate surface area is 82.9 Å². The lowest BCUT2D eigenvalue weighted by atomic mass is 10.0. The first-order valence-electron chi connectivity index (χ1n) is 4.24. The molecule has 0 amide bonds. The van der Waals surface area contributed by atoms with Gasteiger partial charge in [-0.2, -0.15) is 5.26 Å². The van der Waals surface area contributed by atoms with Crippen LogP contribution in [0, 0.1) is 18.3 Å². The number of benzene rings is 1. The van der Waals surface area contributed by atoms with Gasteiger partial charge in [0, 0.05) is 0 Å². The van der Waals surface area contributed by atoms with Crippen LogP contribution in [0.2, 0.25) is 0 Å². The zero-order chi connectivity index (χ0) is 10.6. The van der Waals surface area contributed by atoms with Gasteiger partial charge >= 0.3 is 5.97 Å². The number of aryl methyl sites for hydroxylation is 1. The molecule has 0 saturated heterocycles. The SMILES string of the molecule is COC(=O)Cc1cccc(C)c1C#N. The van der Waals surface area contributed by atoms with Crippen LogP contribution in [-0.2, 0) is 16.0 Å². The van der Waals surface area contributed by atoms with E-state index in [0.29, 0.717) is 5.56 Å². The van der Waals surface area contributed by atoms with E-state index in [-0.39, 0.29) is 12.4 Å². The second-order valence-electron chi connectivity index (χ2n) is 2.97. The van der Waals surface area contributed by atoms with Gasteiger partial charge in [0.2, 0.25) is 0 Å². The second kappa shape index (κ2) is 4.43. The van der Waals surface area contributed by atoms with Gasteiger partial charge in [-0.05, 0) is 18.1 Å². The van der Waals surface area contributed by atoms with Crippen LogP contribution < -0.4 is 0 Å². The van der Waals surface area contributed by atoms with E-state index < -0.39 is 0 Å². The minimum absolute atomic E-state index is 0.154. The summed E-state index contributed by atoms with van der Waals surface area (Å²) in [5.74, 6) is -0.327. The number of carbonyl (C=O) groups is 1. The number of hydrogen-bond donors (Lipinski definition) is 0. The Kier molecular flexibility index (Phi) is 3.24. The number of methoxy groups -OCH3 is 1. The van der Waals surface area contributed by atoms with Crippen molar-refractivity contribution in [2.45, 2.75) is 13.3 Å². The van der Waals surface area contributed by atoms with Gasteiger partial charge in [0.25, 0.3) is 0 Å². The summed E-state index contributed by atoms with van der Waals surface area (Å²) in [4.78, 5) is 11.0. The molecular weight excluding hydrogens is 178 g/mol. The number of rotatable bonds is 2. The molecule has 1 aromatic carbocycles. The molecule has 3 nitrogen and oxygen atoms in total. The predicted molar refractivity (Wildman–Crippen MR) is 51.6 cm³/mol. The molecule has 0 unspecified atom stereocenters. The van der Waals surface area contributed by atoms with E-state index in [1.807, 2.05) is 19.1 Å². The molecule has 0 heterocycles. The third-order valence-electron chi connectivity index (χ3n) is 2.03. The van der Waals surface area contributed by atoms with Gasteiger partial charge in [-0.1, -0.05) is 18.2 Å². The van der Waals surface area contributed by atoms with Gasteiger partial charge in [0.15, 0.2) is 0 Å². The monoisotopic (exact) mass is 189 g/mol. The molecule has 0 saturated carbocycles. The molecule has 0 fully saturated rings. The zero-order valence-corrected chi connectivity index (χ0v) is 8.20. The molecule has 0 bridgehead atoms. The molecule has 72 valence electrons. The Hall–Kier alpha value is -1.82. The number of hydrogen-bond acceptors (Lipinski definition) is 3. The van der Waals surface area contributed by atoms with Gasteiger partial charge in [0.1, 0.15) is 0 Å². The van der Waals surface area contributed by atoms with Crippen LogP contribution in [0.15, 0.2) is 18.2 Å². The van der Waals surface area contributed by atoms with Crippen molar-refractivity contribution in [1.29, 1.82) is 5.26 Å². The summed E-state index contributed by atoms with van der Waals surface area (Å²) in [6, 6.07) is 7.53. The van der Waals surface area contributed by atoms with Gasteiger partial charge < -0.3 is 4.74 Å². The largest absolute Gasteiger partial charge is 0.469 e. The molecule has 0 aliphatic carbocycles. The molecule has 3 heteroatoms. The fourth-order valence-corrected chi connectivity index (χ4v) is 1.26. The van der Waals surface area contributed by atoms with Crippen molar-refractivity contribution in [3.63, 3.8) is 0 Å². The highest BCUT2D eigenvalue weighted by Crippen LogP contribution is 2.13. The lowest BCUT2D eigenvalue weighted by Gasteiger charge is -2.04. The van der Waals surface area contributed by atoms with E-state index >= 15 is 0 Å². The summed E-state index contributed by atoms with van der Waals surface area (Å²) in [5.41, 5.74) is 2.17. The van der Waals surface area contributed by atoms with Gasteiger partial charge in [-0.15, -0.1) is 0 Å². The fourth-order valence-electron chi connectivity index (χ4n) is 1.26. The lowest BCUT2D eigenvalue weighted by Crippen LogP contribution is -2.06. The van der Waals surface area contributed by atoms with Crippen LogP contribution in [0.25, 0.3) is 0 Å². The number of carbonyl (C=O) groups excluding carboxylic acids is 1. The Balaban J connectivity index is 3.04. The normalized spacial score (nSPS) is 9.21. The first kappa shape index (κ1) is 10.3. The minimum atomic E-state index is -0.327. The average molecular weight is 189 g/mol. The molecule has 0 aliphatic heterocycles.